The lowest BCUT2D eigenvalue weighted by molar-refractivity contribution is 0.102. The van der Waals surface area contributed by atoms with Crippen LogP contribution in [0.2, 0.25) is 5.02 Å². The predicted octanol–water partition coefficient (Wildman–Crippen LogP) is 5.01. The molecule has 9 nitrogen and oxygen atoms in total. The molecule has 4 rings (SSSR count). The molecule has 0 aliphatic heterocycles. The summed E-state index contributed by atoms with van der Waals surface area (Å²) in [5.41, 5.74) is 2.66. The number of hydrogen-bond acceptors (Lipinski definition) is 9. The van der Waals surface area contributed by atoms with Gasteiger partial charge in [-0.15, -0.1) is 5.10 Å². The van der Waals surface area contributed by atoms with E-state index < -0.39 is 5.91 Å². The van der Waals surface area contributed by atoms with Crippen LogP contribution in [0.3, 0.4) is 0 Å². The Labute approximate surface area is 211 Å². The molecule has 4 aromatic rings. The Bertz CT molecular complexity index is 1270. The van der Waals surface area contributed by atoms with E-state index in [1.165, 1.54) is 12.4 Å². The van der Waals surface area contributed by atoms with Gasteiger partial charge in [0.15, 0.2) is 0 Å². The molecule has 1 aromatic carbocycles. The molecule has 182 valence electrons. The van der Waals surface area contributed by atoms with Crippen molar-refractivity contribution in [2.24, 2.45) is 0 Å². The summed E-state index contributed by atoms with van der Waals surface area (Å²) in [6.45, 7) is 3.92. The Balaban J connectivity index is 0.00000167. The Morgan fingerprint density at radius 2 is 1.83 bits per heavy atom. The summed E-state index contributed by atoms with van der Waals surface area (Å²) >= 11 is 6.91. The second-order valence-electron chi connectivity index (χ2n) is 6.66. The van der Waals surface area contributed by atoms with Crippen molar-refractivity contribution in [1.29, 1.82) is 0 Å². The fraction of sp³-hybridized carbons (Fsp3) is 0.208. The molecule has 11 heteroatoms. The summed E-state index contributed by atoms with van der Waals surface area (Å²) in [7, 11) is 1.55. The van der Waals surface area contributed by atoms with Gasteiger partial charge in [0.05, 0.1) is 35.7 Å². The second kappa shape index (κ2) is 12.7. The van der Waals surface area contributed by atoms with Gasteiger partial charge in [0.1, 0.15) is 12.4 Å². The van der Waals surface area contributed by atoms with Crippen LogP contribution in [0.1, 0.15) is 35.6 Å². The lowest BCUT2D eigenvalue weighted by Gasteiger charge is -2.13. The van der Waals surface area contributed by atoms with E-state index in [0.29, 0.717) is 38.9 Å². The molecule has 1 amide bonds. The number of nitrogens with one attached hydrogen (secondary N) is 1. The molecule has 0 unspecified atom stereocenters. The first-order valence-electron chi connectivity index (χ1n) is 10.7. The normalized spacial score (nSPS) is 10.2. The van der Waals surface area contributed by atoms with Crippen molar-refractivity contribution >= 4 is 34.0 Å². The number of anilines is 1. The number of aromatic nitrogens is 4. The number of halogens is 1. The number of pyridine rings is 2. The van der Waals surface area contributed by atoms with Gasteiger partial charge in [-0.3, -0.25) is 20.1 Å². The third kappa shape index (κ3) is 6.72. The van der Waals surface area contributed by atoms with Gasteiger partial charge in [-0.25, -0.2) is 0 Å². The molecule has 2 N–H and O–H groups in total. The Kier molecular flexibility index (Phi) is 9.47. The third-order valence-corrected chi connectivity index (χ3v) is 5.50. The second-order valence-corrected chi connectivity index (χ2v) is 8.04. The Hall–Kier alpha value is -3.60. The first-order chi connectivity index (χ1) is 17.1. The highest BCUT2D eigenvalue weighted by Crippen LogP contribution is 2.33. The van der Waals surface area contributed by atoms with E-state index >= 15 is 0 Å². The molecule has 0 fully saturated rings. The Morgan fingerprint density at radius 1 is 1.06 bits per heavy atom. The maximum Gasteiger partial charge on any atom is 0.296 e. The number of amides is 1. The summed E-state index contributed by atoms with van der Waals surface area (Å²) in [6, 6.07) is 12.4. The van der Waals surface area contributed by atoms with E-state index in [1.807, 2.05) is 32.0 Å². The summed E-state index contributed by atoms with van der Waals surface area (Å²) in [5, 5.41) is 21.2. The van der Waals surface area contributed by atoms with Crippen LogP contribution in [0.4, 0.5) is 5.13 Å². The molecular formula is C24H24ClN5O4S. The number of carbonyl (C=O) groups is 1. The van der Waals surface area contributed by atoms with E-state index in [-0.39, 0.29) is 23.5 Å². The first kappa shape index (κ1) is 26.0. The number of methoxy groups -OCH3 is 1. The van der Waals surface area contributed by atoms with Gasteiger partial charge in [0.25, 0.3) is 11.1 Å². The third-order valence-electron chi connectivity index (χ3n) is 4.52. The smallest absolute Gasteiger partial charge is 0.296 e. The Morgan fingerprint density at radius 3 is 2.54 bits per heavy atom. The zero-order valence-corrected chi connectivity index (χ0v) is 20.9. The van der Waals surface area contributed by atoms with Crippen LogP contribution in [0, 0.1) is 0 Å². The number of ether oxygens (including phenoxy) is 2. The van der Waals surface area contributed by atoms with E-state index in [1.54, 1.807) is 31.4 Å². The van der Waals surface area contributed by atoms with Gasteiger partial charge in [-0.05, 0) is 35.6 Å². The predicted molar refractivity (Wildman–Crippen MR) is 135 cm³/mol. The van der Waals surface area contributed by atoms with Gasteiger partial charge in [-0.1, -0.05) is 48.7 Å². The quantitative estimate of drug-likeness (QED) is 0.337. The van der Waals surface area contributed by atoms with Crippen LogP contribution in [0.15, 0.2) is 54.9 Å². The summed E-state index contributed by atoms with van der Waals surface area (Å²) in [5.74, 6) is 0.152. The molecule has 0 aliphatic rings. The summed E-state index contributed by atoms with van der Waals surface area (Å²) in [4.78, 5) is 21.3. The topological polar surface area (TPSA) is 119 Å². The summed E-state index contributed by atoms with van der Waals surface area (Å²) < 4.78 is 11.0. The number of benzene rings is 1. The molecule has 0 bridgehead atoms. The van der Waals surface area contributed by atoms with Crippen molar-refractivity contribution < 1.29 is 19.4 Å². The number of rotatable bonds is 8. The molecule has 0 aliphatic carbocycles. The van der Waals surface area contributed by atoms with Crippen molar-refractivity contribution in [3.8, 4) is 22.1 Å². The van der Waals surface area contributed by atoms with Crippen molar-refractivity contribution in [2.45, 2.75) is 27.1 Å². The van der Waals surface area contributed by atoms with Crippen molar-refractivity contribution in [3.05, 3.63) is 76.8 Å². The molecule has 3 heterocycles. The van der Waals surface area contributed by atoms with Crippen LogP contribution in [-0.2, 0) is 13.2 Å². The lowest BCUT2D eigenvalue weighted by Crippen LogP contribution is -2.14. The molecule has 0 saturated carbocycles. The minimum absolute atomic E-state index is 0.185. The van der Waals surface area contributed by atoms with E-state index in [9.17, 15) is 9.90 Å². The maximum absolute atomic E-state index is 13.0. The number of carbonyl (C=O) groups excluding carboxylic acids is 1. The average molecular weight is 514 g/mol. The SMILES string of the molecule is CC.COc1ccccc1-c1cc(CO)ncc1C(=O)Nc1nnc(OCc2ccc(Cl)cn2)s1. The number of hydrogen-bond donors (Lipinski definition) is 2. The van der Waals surface area contributed by atoms with Gasteiger partial charge < -0.3 is 14.6 Å². The van der Waals surface area contributed by atoms with Gasteiger partial charge in [0, 0.05) is 23.5 Å². The highest BCUT2D eigenvalue weighted by Gasteiger charge is 2.19. The highest BCUT2D eigenvalue weighted by atomic mass is 35.5. The van der Waals surface area contributed by atoms with Crippen molar-refractivity contribution in [2.75, 3.05) is 12.4 Å². The van der Waals surface area contributed by atoms with Gasteiger partial charge in [0.2, 0.25) is 5.13 Å². The zero-order chi connectivity index (χ0) is 25.2. The number of nitrogens with zero attached hydrogens (tertiary/aromatic N) is 4. The molecular weight excluding hydrogens is 490 g/mol. The van der Waals surface area contributed by atoms with E-state index in [0.717, 1.165) is 11.3 Å². The molecule has 3 aromatic heterocycles. The lowest BCUT2D eigenvalue weighted by atomic mass is 9.99. The molecule has 0 saturated heterocycles. The van der Waals surface area contributed by atoms with Crippen LogP contribution in [-0.4, -0.2) is 38.3 Å². The van der Waals surface area contributed by atoms with Crippen LogP contribution >= 0.6 is 22.9 Å². The first-order valence-corrected chi connectivity index (χ1v) is 11.9. The van der Waals surface area contributed by atoms with E-state index in [2.05, 4.69) is 25.5 Å². The monoisotopic (exact) mass is 513 g/mol. The largest absolute Gasteiger partial charge is 0.496 e. The number of aliphatic hydroxyl groups is 1. The summed E-state index contributed by atoms with van der Waals surface area (Å²) in [6.07, 6.45) is 2.94. The minimum atomic E-state index is -0.435. The molecule has 0 spiro atoms. The number of para-hydroxylation sites is 1. The molecule has 0 atom stereocenters. The molecule has 0 radical (unpaired) electrons. The maximum atomic E-state index is 13.0. The number of aliphatic hydroxyl groups excluding tert-OH is 1. The standard InChI is InChI=1S/C22H18ClN5O4S.C2H6/c1-31-19-5-3-2-4-16(19)17-8-15(11-29)25-10-18(17)20(30)26-21-27-28-22(33-21)32-12-14-7-6-13(23)9-24-14;1-2/h2-10,29H,11-12H2,1H3,(H,26,27,30);1-2H3. The van der Waals surface area contributed by atoms with Crippen LogP contribution in [0.5, 0.6) is 10.9 Å². The highest BCUT2D eigenvalue weighted by molar-refractivity contribution is 7.17. The van der Waals surface area contributed by atoms with E-state index in [4.69, 9.17) is 21.1 Å². The fourth-order valence-corrected chi connectivity index (χ4v) is 3.67. The van der Waals surface area contributed by atoms with Crippen molar-refractivity contribution in [1.82, 2.24) is 20.2 Å². The van der Waals surface area contributed by atoms with Gasteiger partial charge >= 0.3 is 0 Å². The average Bonchev–Trinajstić information content (AvgIpc) is 3.36. The zero-order valence-electron chi connectivity index (χ0n) is 19.4. The van der Waals surface area contributed by atoms with Crippen LogP contribution < -0.4 is 14.8 Å². The van der Waals surface area contributed by atoms with Crippen LogP contribution in [0.25, 0.3) is 11.1 Å². The minimum Gasteiger partial charge on any atom is -0.496 e. The van der Waals surface area contributed by atoms with Crippen molar-refractivity contribution in [3.63, 3.8) is 0 Å². The van der Waals surface area contributed by atoms with Gasteiger partial charge in [-0.2, -0.15) is 0 Å². The molecule has 35 heavy (non-hydrogen) atoms. The fourth-order valence-electron chi connectivity index (χ4n) is 2.97.